The molecule has 2 aromatic heterocycles. The van der Waals surface area contributed by atoms with Crippen LogP contribution in [0.2, 0.25) is 0 Å². The lowest BCUT2D eigenvalue weighted by molar-refractivity contribution is 1.14. The van der Waals surface area contributed by atoms with Gasteiger partial charge in [-0.15, -0.1) is 0 Å². The van der Waals surface area contributed by atoms with Gasteiger partial charge in [0, 0.05) is 32.9 Å². The maximum Gasteiger partial charge on any atom is 0.0541 e. The molecule has 8 aromatic carbocycles. The van der Waals surface area contributed by atoms with Gasteiger partial charge in [0.25, 0.3) is 0 Å². The van der Waals surface area contributed by atoms with Crippen LogP contribution in [0.3, 0.4) is 0 Å². The Morgan fingerprint density at radius 3 is 0.860 bits per heavy atom. The smallest absolute Gasteiger partial charge is 0.0541 e. The molecular formula is C48H34N2. The van der Waals surface area contributed by atoms with Crippen molar-refractivity contribution in [1.82, 2.24) is 9.13 Å². The topological polar surface area (TPSA) is 9.86 Å². The predicted octanol–water partition coefficient (Wildman–Crippen LogP) is 12.2. The Labute approximate surface area is 291 Å². The van der Waals surface area contributed by atoms with Crippen molar-refractivity contribution in [1.29, 1.82) is 0 Å². The van der Waals surface area contributed by atoms with E-state index in [0.29, 0.717) is 0 Å². The highest BCUT2D eigenvalue weighted by molar-refractivity contribution is 6.10. The molecule has 0 fully saturated rings. The predicted molar refractivity (Wildman–Crippen MR) is 211 cm³/mol. The Morgan fingerprint density at radius 1 is 0.260 bits per heavy atom. The third-order valence-electron chi connectivity index (χ3n) is 10.4. The fourth-order valence-corrected chi connectivity index (χ4v) is 8.10. The first kappa shape index (κ1) is 28.6. The Bertz CT molecular complexity index is 2550. The number of para-hydroxylation sites is 4. The molecule has 0 bridgehead atoms. The molecule has 0 aliphatic rings. The summed E-state index contributed by atoms with van der Waals surface area (Å²) < 4.78 is 4.77. The van der Waals surface area contributed by atoms with Gasteiger partial charge in [-0.2, -0.15) is 0 Å². The molecule has 0 aliphatic heterocycles. The summed E-state index contributed by atoms with van der Waals surface area (Å²) in [6.45, 7) is 0. The highest BCUT2D eigenvalue weighted by Gasteiger charge is 2.14. The zero-order chi connectivity index (χ0) is 33.0. The van der Waals surface area contributed by atoms with Gasteiger partial charge in [0.15, 0.2) is 0 Å². The van der Waals surface area contributed by atoms with Gasteiger partial charge in [0.1, 0.15) is 0 Å². The second kappa shape index (κ2) is 11.6. The average Bonchev–Trinajstić information content (AvgIpc) is 3.70. The second-order valence-electron chi connectivity index (χ2n) is 13.4. The monoisotopic (exact) mass is 638 g/mol. The van der Waals surface area contributed by atoms with E-state index in [-0.39, 0.29) is 0 Å². The standard InChI is InChI=1S/C48H34N2/c1-2-12-40-36(32-34-23-29-38(30-24-34)50-47-19-9-5-15-43(47)44-16-6-10-20-48(44)50)26-25-35(39(40)11-1)31-33-21-27-37(28-22-33)49-45-17-7-3-13-41(45)42-14-4-8-18-46(42)49/h1-30H,31-32H2. The van der Waals surface area contributed by atoms with Crippen LogP contribution in [-0.4, -0.2) is 9.13 Å². The molecule has 0 amide bonds. The minimum atomic E-state index is 0.891. The number of hydrogen-bond acceptors (Lipinski definition) is 0. The van der Waals surface area contributed by atoms with Gasteiger partial charge in [0.2, 0.25) is 0 Å². The number of rotatable bonds is 6. The van der Waals surface area contributed by atoms with E-state index in [2.05, 4.69) is 191 Å². The number of aromatic nitrogens is 2. The Hall–Kier alpha value is -6.38. The van der Waals surface area contributed by atoms with Gasteiger partial charge < -0.3 is 9.13 Å². The molecule has 10 aromatic rings. The van der Waals surface area contributed by atoms with Crippen molar-refractivity contribution in [3.05, 3.63) is 204 Å². The minimum Gasteiger partial charge on any atom is -0.309 e. The molecule has 0 spiro atoms. The van der Waals surface area contributed by atoms with Crippen LogP contribution in [0.4, 0.5) is 0 Å². The van der Waals surface area contributed by atoms with Crippen LogP contribution in [0.25, 0.3) is 65.8 Å². The van der Waals surface area contributed by atoms with E-state index in [0.717, 1.165) is 12.8 Å². The largest absolute Gasteiger partial charge is 0.309 e. The normalized spacial score (nSPS) is 11.8. The fourth-order valence-electron chi connectivity index (χ4n) is 8.10. The fraction of sp³-hybridized carbons (Fsp3) is 0.0417. The van der Waals surface area contributed by atoms with Crippen molar-refractivity contribution < 1.29 is 0 Å². The summed E-state index contributed by atoms with van der Waals surface area (Å²) in [7, 11) is 0. The molecule has 236 valence electrons. The number of fused-ring (bicyclic) bond motifs is 7. The molecule has 0 radical (unpaired) electrons. The van der Waals surface area contributed by atoms with Crippen molar-refractivity contribution >= 4 is 54.4 Å². The molecule has 0 atom stereocenters. The lowest BCUT2D eigenvalue weighted by Crippen LogP contribution is -1.97. The summed E-state index contributed by atoms with van der Waals surface area (Å²) in [5, 5.41) is 7.82. The molecule has 2 heterocycles. The zero-order valence-corrected chi connectivity index (χ0v) is 27.6. The lowest BCUT2D eigenvalue weighted by Gasteiger charge is -2.14. The van der Waals surface area contributed by atoms with E-state index in [4.69, 9.17) is 0 Å². The molecule has 0 saturated carbocycles. The minimum absolute atomic E-state index is 0.891. The average molecular weight is 639 g/mol. The summed E-state index contributed by atoms with van der Waals surface area (Å²) in [5.41, 5.74) is 12.7. The molecule has 50 heavy (non-hydrogen) atoms. The summed E-state index contributed by atoms with van der Waals surface area (Å²) in [6, 6.07) is 66.6. The van der Waals surface area contributed by atoms with Gasteiger partial charge in [-0.1, -0.05) is 133 Å². The van der Waals surface area contributed by atoms with Crippen molar-refractivity contribution in [2.24, 2.45) is 0 Å². The van der Waals surface area contributed by atoms with E-state index in [1.165, 1.54) is 88.0 Å². The molecule has 0 aliphatic carbocycles. The van der Waals surface area contributed by atoms with Crippen LogP contribution in [0.15, 0.2) is 182 Å². The van der Waals surface area contributed by atoms with E-state index in [9.17, 15) is 0 Å². The van der Waals surface area contributed by atoms with Crippen molar-refractivity contribution in [2.75, 3.05) is 0 Å². The first-order valence-electron chi connectivity index (χ1n) is 17.4. The maximum absolute atomic E-state index is 2.38. The Kier molecular flexibility index (Phi) is 6.67. The van der Waals surface area contributed by atoms with E-state index >= 15 is 0 Å². The third kappa shape index (κ3) is 4.64. The molecule has 0 unspecified atom stereocenters. The van der Waals surface area contributed by atoms with Crippen LogP contribution in [0.5, 0.6) is 0 Å². The maximum atomic E-state index is 2.38. The molecule has 0 saturated heterocycles. The van der Waals surface area contributed by atoms with E-state index in [1.54, 1.807) is 0 Å². The van der Waals surface area contributed by atoms with Gasteiger partial charge in [-0.05, 0) is 94.4 Å². The van der Waals surface area contributed by atoms with Crippen molar-refractivity contribution in [3.63, 3.8) is 0 Å². The van der Waals surface area contributed by atoms with Crippen LogP contribution in [0.1, 0.15) is 22.3 Å². The van der Waals surface area contributed by atoms with Gasteiger partial charge in [-0.25, -0.2) is 0 Å². The van der Waals surface area contributed by atoms with Crippen molar-refractivity contribution in [3.8, 4) is 11.4 Å². The number of nitrogens with zero attached hydrogens (tertiary/aromatic N) is 2. The summed E-state index contributed by atoms with van der Waals surface area (Å²) >= 11 is 0. The Morgan fingerprint density at radius 2 is 0.540 bits per heavy atom. The zero-order valence-electron chi connectivity index (χ0n) is 27.6. The quantitative estimate of drug-likeness (QED) is 0.171. The first-order chi connectivity index (χ1) is 24.8. The molecular weight excluding hydrogens is 605 g/mol. The van der Waals surface area contributed by atoms with Crippen LogP contribution >= 0.6 is 0 Å². The van der Waals surface area contributed by atoms with Gasteiger partial charge in [-0.3, -0.25) is 0 Å². The summed E-state index contributed by atoms with van der Waals surface area (Å²) in [4.78, 5) is 0. The highest BCUT2D eigenvalue weighted by atomic mass is 15.0. The summed E-state index contributed by atoms with van der Waals surface area (Å²) in [6.07, 6.45) is 1.78. The molecule has 10 rings (SSSR count). The SMILES string of the molecule is c1ccc2c(Cc3ccc(-n4c5ccccc5c5ccccc54)cc3)ccc(Cc3ccc(-n4c5ccccc5c5ccccc54)cc3)c2c1. The molecule has 2 nitrogen and oxygen atoms in total. The Balaban J connectivity index is 0.943. The molecule has 0 N–H and O–H groups in total. The highest BCUT2D eigenvalue weighted by Crippen LogP contribution is 2.34. The second-order valence-corrected chi connectivity index (χ2v) is 13.4. The van der Waals surface area contributed by atoms with Crippen LogP contribution in [-0.2, 0) is 12.8 Å². The number of benzene rings is 8. The lowest BCUT2D eigenvalue weighted by atomic mass is 9.92. The van der Waals surface area contributed by atoms with Crippen LogP contribution in [0, 0.1) is 0 Å². The van der Waals surface area contributed by atoms with Crippen molar-refractivity contribution in [2.45, 2.75) is 12.8 Å². The molecule has 2 heteroatoms. The van der Waals surface area contributed by atoms with E-state index in [1.807, 2.05) is 0 Å². The van der Waals surface area contributed by atoms with E-state index < -0.39 is 0 Å². The summed E-state index contributed by atoms with van der Waals surface area (Å²) in [5.74, 6) is 0. The van der Waals surface area contributed by atoms with Crippen LogP contribution < -0.4 is 0 Å². The van der Waals surface area contributed by atoms with Gasteiger partial charge in [0.05, 0.1) is 22.1 Å². The van der Waals surface area contributed by atoms with Gasteiger partial charge >= 0.3 is 0 Å². The third-order valence-corrected chi connectivity index (χ3v) is 10.4. The number of hydrogen-bond donors (Lipinski definition) is 0. The first-order valence-corrected chi connectivity index (χ1v) is 17.4.